The second-order valence-electron chi connectivity index (χ2n) is 4.19. The number of piperazine rings is 1. The highest BCUT2D eigenvalue weighted by molar-refractivity contribution is 5.90. The summed E-state index contributed by atoms with van der Waals surface area (Å²) >= 11 is 0. The molecular formula is C11H19N5O. The van der Waals surface area contributed by atoms with Gasteiger partial charge in [0.1, 0.15) is 5.82 Å². The maximum absolute atomic E-state index is 12.1. The predicted molar refractivity (Wildman–Crippen MR) is 63.8 cm³/mol. The monoisotopic (exact) mass is 237 g/mol. The third-order valence-corrected chi connectivity index (χ3v) is 3.16. The first-order valence-corrected chi connectivity index (χ1v) is 6.17. The molecule has 1 saturated heterocycles. The van der Waals surface area contributed by atoms with Gasteiger partial charge in [-0.05, 0) is 6.54 Å². The SMILES string of the molecule is CCc1nc(C(=O)N2CCN(CC)CC2)n[nH]1. The number of likely N-dealkylation sites (N-methyl/N-ethyl adjacent to an activating group) is 1. The van der Waals surface area contributed by atoms with Crippen molar-refractivity contribution in [3.63, 3.8) is 0 Å². The minimum atomic E-state index is -0.0586. The first-order valence-electron chi connectivity index (χ1n) is 6.17. The third-order valence-electron chi connectivity index (χ3n) is 3.16. The normalized spacial score (nSPS) is 17.4. The van der Waals surface area contributed by atoms with E-state index in [2.05, 4.69) is 27.0 Å². The van der Waals surface area contributed by atoms with Gasteiger partial charge in [-0.2, -0.15) is 0 Å². The topological polar surface area (TPSA) is 65.1 Å². The van der Waals surface area contributed by atoms with Gasteiger partial charge < -0.3 is 9.80 Å². The molecule has 1 aromatic rings. The number of aromatic amines is 1. The Morgan fingerprint density at radius 1 is 1.29 bits per heavy atom. The maximum Gasteiger partial charge on any atom is 0.293 e. The van der Waals surface area contributed by atoms with Crippen LogP contribution >= 0.6 is 0 Å². The van der Waals surface area contributed by atoms with Gasteiger partial charge in [-0.25, -0.2) is 4.98 Å². The lowest BCUT2D eigenvalue weighted by molar-refractivity contribution is 0.0631. The number of carbonyl (C=O) groups excluding carboxylic acids is 1. The molecule has 1 aliphatic heterocycles. The molecular weight excluding hydrogens is 218 g/mol. The van der Waals surface area contributed by atoms with Gasteiger partial charge in [-0.15, -0.1) is 5.10 Å². The fraction of sp³-hybridized carbons (Fsp3) is 0.727. The van der Waals surface area contributed by atoms with E-state index in [1.807, 2.05) is 11.8 Å². The van der Waals surface area contributed by atoms with Gasteiger partial charge >= 0.3 is 0 Å². The first-order chi connectivity index (χ1) is 8.24. The summed E-state index contributed by atoms with van der Waals surface area (Å²) in [5.41, 5.74) is 0. The fourth-order valence-electron chi connectivity index (χ4n) is 1.96. The molecule has 2 rings (SSSR count). The summed E-state index contributed by atoms with van der Waals surface area (Å²) in [5, 5.41) is 6.74. The molecule has 0 aliphatic carbocycles. The van der Waals surface area contributed by atoms with Crippen LogP contribution in [0.15, 0.2) is 0 Å². The molecule has 1 fully saturated rings. The molecule has 6 heteroatoms. The number of nitrogens with one attached hydrogen (secondary N) is 1. The van der Waals surface area contributed by atoms with E-state index in [1.165, 1.54) is 0 Å². The molecule has 0 saturated carbocycles. The van der Waals surface area contributed by atoms with E-state index in [4.69, 9.17) is 0 Å². The van der Waals surface area contributed by atoms with Gasteiger partial charge in [0, 0.05) is 32.6 Å². The number of hydrogen-bond acceptors (Lipinski definition) is 4. The molecule has 0 unspecified atom stereocenters. The molecule has 17 heavy (non-hydrogen) atoms. The van der Waals surface area contributed by atoms with Crippen LogP contribution < -0.4 is 0 Å². The molecule has 1 aliphatic rings. The van der Waals surface area contributed by atoms with E-state index in [-0.39, 0.29) is 5.91 Å². The van der Waals surface area contributed by atoms with Crippen LogP contribution in [-0.4, -0.2) is 63.6 Å². The van der Waals surface area contributed by atoms with Crippen LogP contribution in [0.5, 0.6) is 0 Å². The summed E-state index contributed by atoms with van der Waals surface area (Å²) < 4.78 is 0. The summed E-state index contributed by atoms with van der Waals surface area (Å²) in [7, 11) is 0. The smallest absolute Gasteiger partial charge is 0.293 e. The summed E-state index contributed by atoms with van der Waals surface area (Å²) in [6.07, 6.45) is 0.768. The lowest BCUT2D eigenvalue weighted by Crippen LogP contribution is -2.48. The Morgan fingerprint density at radius 2 is 2.00 bits per heavy atom. The molecule has 0 radical (unpaired) electrons. The largest absolute Gasteiger partial charge is 0.333 e. The highest BCUT2D eigenvalue weighted by atomic mass is 16.2. The highest BCUT2D eigenvalue weighted by Gasteiger charge is 2.23. The van der Waals surface area contributed by atoms with Gasteiger partial charge in [0.05, 0.1) is 0 Å². The van der Waals surface area contributed by atoms with E-state index in [1.54, 1.807) is 0 Å². The van der Waals surface area contributed by atoms with Crippen LogP contribution in [0, 0.1) is 0 Å². The van der Waals surface area contributed by atoms with Crippen LogP contribution in [0.3, 0.4) is 0 Å². The average Bonchev–Trinajstić information content (AvgIpc) is 2.87. The van der Waals surface area contributed by atoms with E-state index >= 15 is 0 Å². The molecule has 0 atom stereocenters. The van der Waals surface area contributed by atoms with Crippen LogP contribution in [0.1, 0.15) is 30.3 Å². The fourth-order valence-corrected chi connectivity index (χ4v) is 1.96. The lowest BCUT2D eigenvalue weighted by atomic mass is 10.3. The molecule has 1 N–H and O–H groups in total. The van der Waals surface area contributed by atoms with Crippen LogP contribution in [-0.2, 0) is 6.42 Å². The molecule has 0 aromatic carbocycles. The van der Waals surface area contributed by atoms with Crippen molar-refractivity contribution in [1.82, 2.24) is 25.0 Å². The van der Waals surface area contributed by atoms with Gasteiger partial charge in [0.15, 0.2) is 0 Å². The average molecular weight is 237 g/mol. The quantitative estimate of drug-likeness (QED) is 0.812. The third kappa shape index (κ3) is 2.63. The second-order valence-corrected chi connectivity index (χ2v) is 4.19. The van der Waals surface area contributed by atoms with Crippen molar-refractivity contribution >= 4 is 5.91 Å². The van der Waals surface area contributed by atoms with E-state index in [9.17, 15) is 4.79 Å². The van der Waals surface area contributed by atoms with Crippen molar-refractivity contribution in [2.75, 3.05) is 32.7 Å². The molecule has 1 amide bonds. The van der Waals surface area contributed by atoms with Gasteiger partial charge in [-0.3, -0.25) is 9.89 Å². The van der Waals surface area contributed by atoms with Gasteiger partial charge in [0.25, 0.3) is 5.91 Å². The highest BCUT2D eigenvalue weighted by Crippen LogP contribution is 2.05. The minimum Gasteiger partial charge on any atom is -0.333 e. The van der Waals surface area contributed by atoms with Crippen LogP contribution in [0.25, 0.3) is 0 Å². The van der Waals surface area contributed by atoms with E-state index in [0.29, 0.717) is 5.82 Å². The first kappa shape index (κ1) is 12.0. The van der Waals surface area contributed by atoms with Crippen molar-refractivity contribution in [1.29, 1.82) is 0 Å². The van der Waals surface area contributed by atoms with E-state index in [0.717, 1.165) is 45.0 Å². The van der Waals surface area contributed by atoms with Crippen molar-refractivity contribution < 1.29 is 4.79 Å². The zero-order valence-electron chi connectivity index (χ0n) is 10.4. The molecule has 2 heterocycles. The van der Waals surface area contributed by atoms with Gasteiger partial charge in [0.2, 0.25) is 5.82 Å². The van der Waals surface area contributed by atoms with Crippen LogP contribution in [0.4, 0.5) is 0 Å². The second kappa shape index (κ2) is 5.27. The molecule has 0 spiro atoms. The number of aryl methyl sites for hydroxylation is 1. The predicted octanol–water partition coefficient (Wildman–Crippen LogP) is 0.145. The zero-order chi connectivity index (χ0) is 12.3. The summed E-state index contributed by atoms with van der Waals surface area (Å²) in [4.78, 5) is 20.4. The molecule has 94 valence electrons. The Morgan fingerprint density at radius 3 is 2.53 bits per heavy atom. The lowest BCUT2D eigenvalue weighted by Gasteiger charge is -2.33. The Labute approximate surface area is 101 Å². The van der Waals surface area contributed by atoms with Crippen molar-refractivity contribution in [3.05, 3.63) is 11.6 Å². The Hall–Kier alpha value is -1.43. The number of nitrogens with zero attached hydrogens (tertiary/aromatic N) is 4. The van der Waals surface area contributed by atoms with Crippen molar-refractivity contribution in [2.24, 2.45) is 0 Å². The van der Waals surface area contributed by atoms with E-state index < -0.39 is 0 Å². The zero-order valence-corrected chi connectivity index (χ0v) is 10.4. The molecule has 0 bridgehead atoms. The minimum absolute atomic E-state index is 0.0586. The summed E-state index contributed by atoms with van der Waals surface area (Å²) in [6.45, 7) is 8.57. The van der Waals surface area contributed by atoms with Crippen LogP contribution in [0.2, 0.25) is 0 Å². The Kier molecular flexibility index (Phi) is 3.73. The maximum atomic E-state index is 12.1. The number of amides is 1. The van der Waals surface area contributed by atoms with Crippen molar-refractivity contribution in [3.8, 4) is 0 Å². The Balaban J connectivity index is 1.96. The number of rotatable bonds is 3. The molecule has 1 aromatic heterocycles. The number of aromatic nitrogens is 3. The Bertz CT molecular complexity index is 381. The number of H-pyrrole nitrogens is 1. The van der Waals surface area contributed by atoms with Crippen molar-refractivity contribution in [2.45, 2.75) is 20.3 Å². The van der Waals surface area contributed by atoms with Gasteiger partial charge in [-0.1, -0.05) is 13.8 Å². The molecule has 6 nitrogen and oxygen atoms in total. The summed E-state index contributed by atoms with van der Waals surface area (Å²) in [5.74, 6) is 1.00. The summed E-state index contributed by atoms with van der Waals surface area (Å²) in [6, 6.07) is 0. The number of hydrogen-bond donors (Lipinski definition) is 1. The number of carbonyl (C=O) groups is 1. The standard InChI is InChI=1S/C11H19N5O/c1-3-9-12-10(14-13-9)11(17)16-7-5-15(4-2)6-8-16/h3-8H2,1-2H3,(H,12,13,14).